The van der Waals surface area contributed by atoms with Crippen molar-refractivity contribution in [1.29, 1.82) is 0 Å². The summed E-state index contributed by atoms with van der Waals surface area (Å²) in [5.41, 5.74) is 0.359. The summed E-state index contributed by atoms with van der Waals surface area (Å²) in [6, 6.07) is 0. The maximum Gasteiger partial charge on any atom is 0.308 e. The van der Waals surface area contributed by atoms with Gasteiger partial charge in [-0.05, 0) is 32.1 Å². The van der Waals surface area contributed by atoms with Gasteiger partial charge in [-0.3, -0.25) is 14.4 Å². The summed E-state index contributed by atoms with van der Waals surface area (Å²) in [5, 5.41) is 0. The number of carbonyl (C=O) groups is 3. The minimum atomic E-state index is -0.540. The molecule has 0 amide bonds. The quantitative estimate of drug-likeness (QED) is 0.511. The molecule has 0 aromatic rings. The van der Waals surface area contributed by atoms with E-state index in [1.165, 1.54) is 6.92 Å². The van der Waals surface area contributed by atoms with Crippen molar-refractivity contribution in [2.45, 2.75) is 65.3 Å². The molecule has 3 aliphatic rings. The zero-order valence-corrected chi connectivity index (χ0v) is 17.4. The Morgan fingerprint density at radius 1 is 1.39 bits per heavy atom. The Balaban J connectivity index is 1.93. The second-order valence-electron chi connectivity index (χ2n) is 8.77. The number of rotatable bonds is 6. The van der Waals surface area contributed by atoms with Crippen LogP contribution in [0.4, 0.5) is 0 Å². The molecule has 0 N–H and O–H groups in total. The van der Waals surface area contributed by atoms with Gasteiger partial charge in [0.15, 0.2) is 0 Å². The molecule has 1 heterocycles. The van der Waals surface area contributed by atoms with Gasteiger partial charge in [-0.1, -0.05) is 26.0 Å². The van der Waals surface area contributed by atoms with E-state index >= 15 is 0 Å². The molecule has 6 heteroatoms. The molecule has 1 saturated heterocycles. The van der Waals surface area contributed by atoms with Crippen LogP contribution in [0.2, 0.25) is 0 Å². The van der Waals surface area contributed by atoms with Gasteiger partial charge in [0.1, 0.15) is 18.0 Å². The number of ketones is 1. The lowest BCUT2D eigenvalue weighted by Crippen LogP contribution is -2.51. The molecule has 1 aliphatic heterocycles. The van der Waals surface area contributed by atoms with Gasteiger partial charge >= 0.3 is 11.9 Å². The second kappa shape index (κ2) is 7.62. The first kappa shape index (κ1) is 21.0. The molecule has 2 saturated carbocycles. The van der Waals surface area contributed by atoms with Crippen molar-refractivity contribution >= 4 is 17.7 Å². The van der Waals surface area contributed by atoms with E-state index in [0.717, 1.165) is 5.57 Å². The van der Waals surface area contributed by atoms with E-state index in [-0.39, 0.29) is 35.4 Å². The van der Waals surface area contributed by atoms with Crippen LogP contribution in [0.5, 0.6) is 0 Å². The van der Waals surface area contributed by atoms with Crippen LogP contribution in [-0.2, 0) is 28.6 Å². The summed E-state index contributed by atoms with van der Waals surface area (Å²) in [6.45, 7) is 13.6. The number of hydrogen-bond donors (Lipinski definition) is 0. The van der Waals surface area contributed by atoms with Crippen molar-refractivity contribution in [2.75, 3.05) is 6.61 Å². The molecule has 7 unspecified atom stereocenters. The van der Waals surface area contributed by atoms with Crippen molar-refractivity contribution in [2.24, 2.45) is 29.6 Å². The second-order valence-corrected chi connectivity index (χ2v) is 8.77. The highest BCUT2D eigenvalue weighted by molar-refractivity contribution is 5.86. The molecule has 155 valence electrons. The lowest BCUT2D eigenvalue weighted by molar-refractivity contribution is -0.160. The Morgan fingerprint density at radius 3 is 2.57 bits per heavy atom. The summed E-state index contributed by atoms with van der Waals surface area (Å²) in [6.07, 6.45) is 1.92. The van der Waals surface area contributed by atoms with E-state index in [4.69, 9.17) is 14.2 Å². The van der Waals surface area contributed by atoms with Crippen LogP contribution in [-0.4, -0.2) is 42.1 Å². The zero-order chi connectivity index (χ0) is 20.8. The van der Waals surface area contributed by atoms with E-state index in [1.807, 2.05) is 27.2 Å². The molecule has 0 aromatic heterocycles. The average molecular weight is 391 g/mol. The summed E-state index contributed by atoms with van der Waals surface area (Å²) in [5.74, 6) is -1.59. The molecule has 0 aromatic carbocycles. The highest BCUT2D eigenvalue weighted by Crippen LogP contribution is 2.57. The minimum Gasteiger partial charge on any atom is -0.462 e. The van der Waals surface area contributed by atoms with Gasteiger partial charge < -0.3 is 14.2 Å². The number of ether oxygens (including phenoxy) is 3. The molecule has 0 spiro atoms. The van der Waals surface area contributed by atoms with Crippen molar-refractivity contribution < 1.29 is 28.6 Å². The fraction of sp³-hybridized carbons (Fsp3) is 0.727. The van der Waals surface area contributed by atoms with E-state index in [2.05, 4.69) is 6.58 Å². The molecule has 6 nitrogen and oxygen atoms in total. The van der Waals surface area contributed by atoms with Gasteiger partial charge in [-0.2, -0.15) is 0 Å². The third-order valence-electron chi connectivity index (χ3n) is 6.72. The van der Waals surface area contributed by atoms with Crippen LogP contribution < -0.4 is 0 Å². The Labute approximate surface area is 167 Å². The largest absolute Gasteiger partial charge is 0.462 e. The normalized spacial score (nSPS) is 39.1. The molecule has 2 aliphatic carbocycles. The topological polar surface area (TPSA) is 82.2 Å². The highest BCUT2D eigenvalue weighted by Gasteiger charge is 2.64. The number of hydrogen-bond acceptors (Lipinski definition) is 6. The maximum absolute atomic E-state index is 12.9. The van der Waals surface area contributed by atoms with Crippen molar-refractivity contribution in [3.05, 3.63) is 18.6 Å². The fourth-order valence-electron chi connectivity index (χ4n) is 4.96. The number of fused-ring (bicyclic) bond motifs is 1. The van der Waals surface area contributed by atoms with Crippen LogP contribution in [0.3, 0.4) is 0 Å². The summed E-state index contributed by atoms with van der Waals surface area (Å²) in [7, 11) is 0. The molecular weight excluding hydrogens is 360 g/mol. The summed E-state index contributed by atoms with van der Waals surface area (Å²) in [4.78, 5) is 36.9. The first-order valence-electron chi connectivity index (χ1n) is 10.2. The standard InChI is InChI=1S/C22H31O6/c1-7-11(2)21(25)28-17-8-12(3)15-9-16(24)18(13(4)27-14(5)23)19(15)20(17)22(6)10-26-22/h8,11,13,15,17-20H,3,7,9-10H2,1-2,4-6H3/t11?,13?,15?,17?,18?,19?,20?,22-/m1/s1. The predicted octanol–water partition coefficient (Wildman–Crippen LogP) is 2.90. The SMILES string of the molecule is C=C1[CH]C(OC(=O)C(C)CC)C([C@@]2(C)CO2)C2C1CC(=O)C2C(C)OC(C)=O. The van der Waals surface area contributed by atoms with Gasteiger partial charge in [-0.25, -0.2) is 0 Å². The third kappa shape index (κ3) is 3.76. The molecule has 0 bridgehead atoms. The Kier molecular flexibility index (Phi) is 5.72. The fourth-order valence-corrected chi connectivity index (χ4v) is 4.96. The number of Topliss-reactive ketones (excluding diaryl/α,β-unsaturated/α-hetero) is 1. The molecule has 8 atom stereocenters. The first-order chi connectivity index (χ1) is 13.1. The van der Waals surface area contributed by atoms with E-state index in [1.54, 1.807) is 6.92 Å². The Morgan fingerprint density at radius 2 is 2.04 bits per heavy atom. The summed E-state index contributed by atoms with van der Waals surface area (Å²) < 4.78 is 17.0. The van der Waals surface area contributed by atoms with Gasteiger partial charge in [0.05, 0.1) is 24.0 Å². The molecule has 1 radical (unpaired) electrons. The maximum atomic E-state index is 12.9. The van der Waals surface area contributed by atoms with Gasteiger partial charge in [0.25, 0.3) is 0 Å². The lowest BCUT2D eigenvalue weighted by atomic mass is 9.62. The van der Waals surface area contributed by atoms with Crippen LogP contribution in [0.1, 0.15) is 47.5 Å². The molecule has 3 rings (SSSR count). The number of epoxide rings is 1. The molecule has 28 heavy (non-hydrogen) atoms. The third-order valence-corrected chi connectivity index (χ3v) is 6.72. The van der Waals surface area contributed by atoms with Crippen molar-refractivity contribution in [1.82, 2.24) is 0 Å². The van der Waals surface area contributed by atoms with Crippen LogP contribution >= 0.6 is 0 Å². The first-order valence-corrected chi connectivity index (χ1v) is 10.2. The molecular formula is C22H31O6. The highest BCUT2D eigenvalue weighted by atomic mass is 16.6. The van der Waals surface area contributed by atoms with Gasteiger partial charge in [-0.15, -0.1) is 0 Å². The summed E-state index contributed by atoms with van der Waals surface area (Å²) >= 11 is 0. The van der Waals surface area contributed by atoms with Crippen LogP contribution in [0.25, 0.3) is 0 Å². The van der Waals surface area contributed by atoms with E-state index in [0.29, 0.717) is 19.4 Å². The van der Waals surface area contributed by atoms with Crippen molar-refractivity contribution in [3.8, 4) is 0 Å². The number of carbonyl (C=O) groups excluding carboxylic acids is 3. The van der Waals surface area contributed by atoms with Gasteiger partial charge in [0.2, 0.25) is 0 Å². The zero-order valence-electron chi connectivity index (χ0n) is 17.4. The van der Waals surface area contributed by atoms with Crippen molar-refractivity contribution in [3.63, 3.8) is 0 Å². The van der Waals surface area contributed by atoms with Crippen LogP contribution in [0.15, 0.2) is 12.2 Å². The minimum absolute atomic E-state index is 0.0416. The Hall–Kier alpha value is -1.69. The molecule has 3 fully saturated rings. The van der Waals surface area contributed by atoms with E-state index < -0.39 is 29.7 Å². The lowest BCUT2D eigenvalue weighted by Gasteiger charge is -2.45. The smallest absolute Gasteiger partial charge is 0.308 e. The van der Waals surface area contributed by atoms with Crippen LogP contribution in [0, 0.1) is 36.0 Å². The monoisotopic (exact) mass is 391 g/mol. The Bertz CT molecular complexity index is 679. The van der Waals surface area contributed by atoms with Gasteiger partial charge in [0, 0.05) is 25.7 Å². The van der Waals surface area contributed by atoms with E-state index in [9.17, 15) is 14.4 Å². The predicted molar refractivity (Wildman–Crippen MR) is 102 cm³/mol. The number of esters is 2. The average Bonchev–Trinajstić information content (AvgIpc) is 3.24.